The molecule has 0 spiro atoms. The first-order valence-electron chi connectivity index (χ1n) is 36.5. The maximum absolute atomic E-state index is 4.17. The molecule has 0 radical (unpaired) electrons. The molecule has 0 aliphatic rings. The predicted octanol–water partition coefficient (Wildman–Crippen LogP) is 26.3. The van der Waals surface area contributed by atoms with Gasteiger partial charge in [0.15, 0.2) is 0 Å². The van der Waals surface area contributed by atoms with Crippen LogP contribution in [0, 0.1) is 23.7 Å². The highest BCUT2D eigenvalue weighted by Crippen LogP contribution is 2.04. The second-order valence-corrected chi connectivity index (χ2v) is 26.3. The topological polar surface area (TPSA) is 179 Å². The van der Waals surface area contributed by atoms with Gasteiger partial charge in [-0.3, -0.25) is 34.9 Å². The highest BCUT2D eigenvalue weighted by atomic mass is 15.3. The minimum Gasteiger partial charge on any atom is -0.364 e. The van der Waals surface area contributed by atoms with Gasteiger partial charge in [0.2, 0.25) is 0 Å². The maximum atomic E-state index is 4.17. The molecule has 0 aromatic carbocycles. The Hall–Kier alpha value is -6.81. The van der Waals surface area contributed by atoms with Crippen molar-refractivity contribution in [3.8, 4) is 0 Å². The third-order valence-corrected chi connectivity index (χ3v) is 8.97. The van der Waals surface area contributed by atoms with Gasteiger partial charge in [-0.25, -0.2) is 4.99 Å². The molecule has 16 heteroatoms. The summed E-state index contributed by atoms with van der Waals surface area (Å²) < 4.78 is 0. The van der Waals surface area contributed by atoms with Crippen molar-refractivity contribution in [1.82, 2.24) is 15.2 Å². The van der Waals surface area contributed by atoms with Gasteiger partial charge in [-0.2, -0.15) is 25.5 Å². The smallest absolute Gasteiger partial charge is 0.109 e. The summed E-state index contributed by atoms with van der Waals surface area (Å²) in [6.45, 7) is 80.3. The Kier molecular flexibility index (Phi) is 156. The van der Waals surface area contributed by atoms with E-state index in [1.807, 2.05) is 234 Å². The zero-order valence-corrected chi connectivity index (χ0v) is 76.4. The van der Waals surface area contributed by atoms with Gasteiger partial charge in [-0.1, -0.05) is 184 Å². The van der Waals surface area contributed by atoms with Crippen LogP contribution in [0.3, 0.4) is 0 Å². The molecule has 102 heavy (non-hydrogen) atoms. The molecule has 0 saturated heterocycles. The highest BCUT2D eigenvalue weighted by molar-refractivity contribution is 5.86. The molecule has 16 nitrogen and oxygen atoms in total. The number of hydrogen-bond donors (Lipinski definition) is 1. The molecular formula is C86H176N16. The van der Waals surface area contributed by atoms with Crippen molar-refractivity contribution in [2.45, 2.75) is 294 Å². The maximum Gasteiger partial charge on any atom is 0.109 e. The van der Waals surface area contributed by atoms with E-state index in [0.717, 1.165) is 53.0 Å². The molecule has 0 rings (SSSR count). The summed E-state index contributed by atoms with van der Waals surface area (Å²) in [6.07, 6.45) is 40.7. The van der Waals surface area contributed by atoms with E-state index in [-0.39, 0.29) is 0 Å². The monoisotopic (exact) mass is 1430 g/mol. The summed E-state index contributed by atoms with van der Waals surface area (Å²) in [7, 11) is 16.5. The van der Waals surface area contributed by atoms with Crippen molar-refractivity contribution in [1.29, 1.82) is 0 Å². The quantitative estimate of drug-likeness (QED) is 0.0319. The van der Waals surface area contributed by atoms with E-state index in [1.54, 1.807) is 79.4 Å². The van der Waals surface area contributed by atoms with Gasteiger partial charge in [0.25, 0.3) is 0 Å². The normalized spacial score (nSPS) is 9.69. The van der Waals surface area contributed by atoms with Crippen LogP contribution in [0.5, 0.6) is 0 Å². The third kappa shape index (κ3) is 291. The first kappa shape index (κ1) is 131. The van der Waals surface area contributed by atoms with E-state index in [0.29, 0.717) is 12.0 Å². The molecule has 0 atom stereocenters. The summed E-state index contributed by atoms with van der Waals surface area (Å²) >= 11 is 0. The lowest BCUT2D eigenvalue weighted by molar-refractivity contribution is 0.424. The van der Waals surface area contributed by atoms with Gasteiger partial charge in [0.1, 0.15) is 6.34 Å². The van der Waals surface area contributed by atoms with Crippen molar-refractivity contribution in [2.75, 3.05) is 70.1 Å². The van der Waals surface area contributed by atoms with E-state index in [9.17, 15) is 0 Å². The molecule has 1 N–H and O–H groups in total. The molecule has 0 aliphatic carbocycles. The third-order valence-electron chi connectivity index (χ3n) is 8.97. The first-order chi connectivity index (χ1) is 47.3. The van der Waals surface area contributed by atoms with Crippen molar-refractivity contribution < 1.29 is 0 Å². The summed E-state index contributed by atoms with van der Waals surface area (Å²) in [5, 5.41) is 18.3. The van der Waals surface area contributed by atoms with Gasteiger partial charge in [-0.15, -0.1) is 0 Å². The van der Waals surface area contributed by atoms with E-state index in [4.69, 9.17) is 0 Å². The molecule has 0 fully saturated rings. The molecule has 0 heterocycles. The summed E-state index contributed by atoms with van der Waals surface area (Å²) in [4.78, 5) is 35.1. The zero-order chi connectivity index (χ0) is 83.7. The predicted molar refractivity (Wildman–Crippen MR) is 487 cm³/mol. The fraction of sp³-hybridized carbons (Fsp3) is 0.663. The average molecular weight is 1430 g/mol. The Morgan fingerprint density at radius 3 is 1.08 bits per heavy atom. The molecule has 0 saturated carbocycles. The molecule has 0 unspecified atom stereocenters. The van der Waals surface area contributed by atoms with Gasteiger partial charge in [-0.05, 0) is 231 Å². The fourth-order valence-electron chi connectivity index (χ4n) is 4.41. The molecule has 0 aromatic rings. The minimum absolute atomic E-state index is 0.554. The summed E-state index contributed by atoms with van der Waals surface area (Å²) in [5.41, 5.74) is 14.3. The number of aliphatic imine (C=N–C) groups is 8. The molecular weight excluding hydrogens is 1260 g/mol. The summed E-state index contributed by atoms with van der Waals surface area (Å²) in [6, 6.07) is 0.554. The Labute approximate surface area is 639 Å². The van der Waals surface area contributed by atoms with Gasteiger partial charge >= 0.3 is 0 Å². The van der Waals surface area contributed by atoms with E-state index < -0.39 is 0 Å². The molecule has 0 amide bonds. The van der Waals surface area contributed by atoms with Crippen molar-refractivity contribution in [3.63, 3.8) is 0 Å². The Morgan fingerprint density at radius 1 is 0.490 bits per heavy atom. The highest BCUT2D eigenvalue weighted by Gasteiger charge is 1.94. The van der Waals surface area contributed by atoms with Crippen LogP contribution in [0.1, 0.15) is 288 Å². The van der Waals surface area contributed by atoms with Crippen molar-refractivity contribution in [3.05, 3.63) is 108 Å². The fourth-order valence-corrected chi connectivity index (χ4v) is 4.41. The van der Waals surface area contributed by atoms with Crippen LogP contribution in [0.15, 0.2) is 173 Å². The van der Waals surface area contributed by atoms with E-state index in [2.05, 4.69) is 198 Å². The van der Waals surface area contributed by atoms with Crippen LogP contribution in [0.4, 0.5) is 0 Å². The number of unbranched alkanes of at least 4 members (excludes halogenated alkanes) is 1. The summed E-state index contributed by atoms with van der Waals surface area (Å²) in [5.74, 6) is 3.12. The van der Waals surface area contributed by atoms with Crippen LogP contribution < -0.4 is 5.43 Å². The lowest BCUT2D eigenvalue weighted by Crippen LogP contribution is -2.24. The second-order valence-electron chi connectivity index (χ2n) is 26.3. The number of azo groups is 1. The number of rotatable bonds is 20. The number of hydrazone groups is 1. The first-order valence-corrected chi connectivity index (χ1v) is 36.5. The van der Waals surface area contributed by atoms with Crippen LogP contribution in [0.25, 0.3) is 0 Å². The van der Waals surface area contributed by atoms with E-state index in [1.165, 1.54) is 66.3 Å². The number of nitrogens with one attached hydrogen (secondary N) is 1. The van der Waals surface area contributed by atoms with Crippen molar-refractivity contribution >= 4 is 66.1 Å². The number of allylic oxidation sites excluding steroid dienone is 14. The largest absolute Gasteiger partial charge is 0.364 e. The average Bonchev–Trinajstić information content (AvgIpc) is 1.81. The van der Waals surface area contributed by atoms with Crippen LogP contribution in [-0.4, -0.2) is 152 Å². The second kappa shape index (κ2) is 121. The van der Waals surface area contributed by atoms with Crippen LogP contribution in [-0.2, 0) is 0 Å². The van der Waals surface area contributed by atoms with Gasteiger partial charge < -0.3 is 15.3 Å². The van der Waals surface area contributed by atoms with Gasteiger partial charge in [0, 0.05) is 127 Å². The Bertz CT molecular complexity index is 2000. The van der Waals surface area contributed by atoms with Crippen molar-refractivity contribution in [2.24, 2.45) is 89.1 Å². The molecule has 0 bridgehead atoms. The van der Waals surface area contributed by atoms with Crippen LogP contribution >= 0.6 is 0 Å². The zero-order valence-electron chi connectivity index (χ0n) is 76.4. The molecule has 0 aliphatic heterocycles. The lowest BCUT2D eigenvalue weighted by atomic mass is 10.1. The molecule has 600 valence electrons. The minimum atomic E-state index is 0.554. The van der Waals surface area contributed by atoms with Crippen LogP contribution in [0.2, 0.25) is 0 Å². The van der Waals surface area contributed by atoms with Gasteiger partial charge in [0.05, 0.1) is 13.0 Å². The Morgan fingerprint density at radius 2 is 0.980 bits per heavy atom. The number of hydrogen-bond acceptors (Lipinski definition) is 14. The van der Waals surface area contributed by atoms with E-state index >= 15 is 0 Å². The standard InChI is InChI=1S/C7H16.C7H12.2C6H14N2.3C6H11N.C6H14.C6H12.C6H10.3C5H10N2.C5H11N.C4H10N2/c2*1-4-5-6-7(2)3;1-6(2)7-5-8(3)4;1-6(2)8(4)5-7-3;1-6(2)4-5-7-3;1-4-7-5-6(2)3;1-4-5-7-6(2)3;3*1-4-5-6(2)3;1-5(2)7-4-6-3;1-5(2)4-7-6-3;1-4-6-7-5(2)3;1-5(2)4-6-3;1-4(2)6-5-3/h7H,4-6H2,1-3H3;4-6H,1-3H3;5H2,1-4H3;5-6H,1-4H3;3*4-5H,1-3H3;6H,4-5H2,1-3H3;4-6H,1-3H3;4-5H,1H2,2-3H3;3*4H,1-3H3;4-5H,1-3H3;5H,1-3H3/b;5-4-;;;;;5-4-;;5-4-;;;;6-4-;;. The molecule has 0 aromatic heterocycles. The Balaban J connectivity index is -0.0000000612. The number of nitrogens with zero attached hydrogens (tertiary/aromatic N) is 15. The SMILES string of the molecule is C/C=C\C(C)C.C/C=C\C=C(C)C.C/C=C\N=C(C)C.C/C=N\N=C(C)C.C=CC=C(C)C.CC(C)=NCN(C)C.CC=NC=C(C)C.CCCC(C)C.CCCCC(C)C.CN=CC(C)C.CN=CC=C(C)C.CN=CN(C)C(C)C.CN=CN=C(C)C.CN=NC=C(C)C.CNN=C(C)C. The lowest BCUT2D eigenvalue weighted by Gasteiger charge is -2.16.